The number of fused-ring (bicyclic) bond motifs is 4. The minimum Gasteiger partial charge on any atom is -0.482 e. The lowest BCUT2D eigenvalue weighted by atomic mass is 10.1. The number of nitrogens with zero attached hydrogens (tertiary/aromatic N) is 3. The van der Waals surface area contributed by atoms with Crippen molar-refractivity contribution in [3.05, 3.63) is 101 Å². The summed E-state index contributed by atoms with van der Waals surface area (Å²) in [5.74, 6) is -0.795. The van der Waals surface area contributed by atoms with E-state index in [1.54, 1.807) is 57.2 Å². The summed E-state index contributed by atoms with van der Waals surface area (Å²) in [5.41, 5.74) is 3.63. The molecule has 0 atom stereocenters. The Hall–Kier alpha value is -7.26. The smallest absolute Gasteiger partial charge is 0.287 e. The maximum absolute atomic E-state index is 12.6. The van der Waals surface area contributed by atoms with E-state index in [0.29, 0.717) is 59.5 Å². The minimum absolute atomic E-state index is 0.0225. The number of Topliss-reactive ketones (excluding diaryl/α,β-unsaturated/α-hetero) is 1. The van der Waals surface area contributed by atoms with Gasteiger partial charge in [-0.15, -0.1) is 22.7 Å². The summed E-state index contributed by atoms with van der Waals surface area (Å²) in [6, 6.07) is 10.4. The zero-order valence-corrected chi connectivity index (χ0v) is 34.2. The van der Waals surface area contributed by atoms with E-state index in [-0.39, 0.29) is 55.5 Å². The fourth-order valence-corrected chi connectivity index (χ4v) is 8.57. The van der Waals surface area contributed by atoms with Crippen LogP contribution in [-0.4, -0.2) is 75.4 Å². The number of carbonyl (C=O) groups excluding carboxylic acids is 5. The Balaban J connectivity index is 0.000000182. The number of benzene rings is 2. The average Bonchev–Trinajstić information content (AvgIpc) is 3.75. The number of carbonyl (C=O) groups is 5. The molecule has 4 amide bonds. The number of aryl methyl sites for hydroxylation is 2. The van der Waals surface area contributed by atoms with Crippen molar-refractivity contribution in [1.82, 2.24) is 30.6 Å². The summed E-state index contributed by atoms with van der Waals surface area (Å²) in [6.07, 6.45) is 0. The van der Waals surface area contributed by atoms with Crippen molar-refractivity contribution in [1.29, 1.82) is 0 Å². The molecule has 6 N–H and O–H groups in total. The fourth-order valence-electron chi connectivity index (χ4n) is 6.37. The third-order valence-corrected chi connectivity index (χ3v) is 11.7. The Kier molecular flexibility index (Phi) is 11.5. The lowest BCUT2D eigenvalue weighted by Gasteiger charge is -2.18. The van der Waals surface area contributed by atoms with E-state index in [2.05, 4.69) is 46.4 Å². The lowest BCUT2D eigenvalue weighted by molar-refractivity contribution is -0.119. The SMILES string of the molecule is CC(=O)c1sc2nc(C(=O)NCc3ccc4c(c3)NC(=O)CO4)[nH]c(=O)c2c1C.CON=C(C)c1sc2nc(C(=O)NCc3ccc4c(c3)NC(=O)CO4)[nH]c(=O)c2c1C. The first kappa shape index (κ1) is 40.9. The molecule has 6 heterocycles. The zero-order valence-electron chi connectivity index (χ0n) is 32.5. The van der Waals surface area contributed by atoms with Crippen molar-refractivity contribution in [2.75, 3.05) is 31.0 Å². The summed E-state index contributed by atoms with van der Waals surface area (Å²) < 4.78 is 10.6. The number of oxime groups is 1. The molecule has 2 aliphatic heterocycles. The van der Waals surface area contributed by atoms with Gasteiger partial charge >= 0.3 is 0 Å². The Labute approximate surface area is 346 Å². The molecular weight excluding hydrogens is 819 g/mol. The molecule has 6 aromatic rings. The monoisotopic (exact) mass is 853 g/mol. The second-order valence-corrected chi connectivity index (χ2v) is 15.4. The number of H-pyrrole nitrogens is 2. The maximum atomic E-state index is 12.6. The molecule has 0 fully saturated rings. The normalized spacial score (nSPS) is 13.1. The van der Waals surface area contributed by atoms with Gasteiger partial charge in [0.25, 0.3) is 34.7 Å². The molecule has 0 saturated heterocycles. The van der Waals surface area contributed by atoms with Gasteiger partial charge in [-0.05, 0) is 74.2 Å². The molecule has 2 aliphatic rings. The van der Waals surface area contributed by atoms with Gasteiger partial charge in [-0.3, -0.25) is 33.6 Å². The number of hydrogen-bond donors (Lipinski definition) is 6. The van der Waals surface area contributed by atoms with Crippen molar-refractivity contribution >= 4 is 89.6 Å². The molecular formula is C39H35N9O10S2. The minimum atomic E-state index is -0.558. The summed E-state index contributed by atoms with van der Waals surface area (Å²) in [5, 5.41) is 15.5. The molecule has 0 unspecified atom stereocenters. The molecule has 2 aromatic carbocycles. The number of aromatic amines is 2. The molecule has 21 heteroatoms. The lowest BCUT2D eigenvalue weighted by Crippen LogP contribution is -2.28. The predicted octanol–water partition coefficient (Wildman–Crippen LogP) is 3.68. The molecule has 0 bridgehead atoms. The van der Waals surface area contributed by atoms with Gasteiger partial charge in [0.2, 0.25) is 11.6 Å². The number of hydrogen-bond acceptors (Lipinski definition) is 15. The van der Waals surface area contributed by atoms with Crippen LogP contribution in [0.25, 0.3) is 20.4 Å². The van der Waals surface area contributed by atoms with Gasteiger partial charge in [-0.25, -0.2) is 9.97 Å². The topological polar surface area (TPSA) is 265 Å². The molecule has 4 aromatic heterocycles. The highest BCUT2D eigenvalue weighted by atomic mass is 32.1. The van der Waals surface area contributed by atoms with Gasteiger partial charge < -0.3 is 45.5 Å². The van der Waals surface area contributed by atoms with Crippen molar-refractivity contribution < 1.29 is 38.3 Å². The van der Waals surface area contributed by atoms with Crippen LogP contribution in [0, 0.1) is 13.8 Å². The number of aromatic nitrogens is 4. The Morgan fingerprint density at radius 1 is 0.733 bits per heavy atom. The largest absolute Gasteiger partial charge is 0.482 e. The molecule has 0 saturated carbocycles. The first-order valence-corrected chi connectivity index (χ1v) is 19.7. The van der Waals surface area contributed by atoms with Gasteiger partial charge in [-0.1, -0.05) is 17.3 Å². The van der Waals surface area contributed by atoms with Gasteiger partial charge in [0.15, 0.2) is 19.0 Å². The van der Waals surface area contributed by atoms with Crippen LogP contribution in [0.1, 0.15) is 71.9 Å². The molecule has 19 nitrogen and oxygen atoms in total. The second kappa shape index (κ2) is 16.9. The third-order valence-electron chi connectivity index (χ3n) is 9.17. The van der Waals surface area contributed by atoms with Crippen LogP contribution >= 0.6 is 22.7 Å². The van der Waals surface area contributed by atoms with E-state index in [1.807, 2.05) is 0 Å². The first-order chi connectivity index (χ1) is 28.7. The highest BCUT2D eigenvalue weighted by Crippen LogP contribution is 2.31. The summed E-state index contributed by atoms with van der Waals surface area (Å²) in [7, 11) is 1.45. The Bertz CT molecular complexity index is 2930. The van der Waals surface area contributed by atoms with Crippen LogP contribution in [-0.2, 0) is 27.5 Å². The number of ketones is 1. The van der Waals surface area contributed by atoms with Crippen molar-refractivity contribution in [2.24, 2.45) is 5.16 Å². The van der Waals surface area contributed by atoms with Crippen LogP contribution in [0.5, 0.6) is 11.5 Å². The Morgan fingerprint density at radius 2 is 1.18 bits per heavy atom. The van der Waals surface area contributed by atoms with Gasteiger partial charge in [0, 0.05) is 13.1 Å². The van der Waals surface area contributed by atoms with E-state index in [1.165, 1.54) is 25.4 Å². The molecule has 60 heavy (non-hydrogen) atoms. The van der Waals surface area contributed by atoms with Crippen molar-refractivity contribution in [2.45, 2.75) is 40.8 Å². The molecule has 0 aliphatic carbocycles. The van der Waals surface area contributed by atoms with E-state index < -0.39 is 22.9 Å². The highest BCUT2D eigenvalue weighted by molar-refractivity contribution is 7.21. The average molecular weight is 854 g/mol. The maximum Gasteiger partial charge on any atom is 0.287 e. The van der Waals surface area contributed by atoms with Crippen LogP contribution in [0.15, 0.2) is 51.1 Å². The first-order valence-electron chi connectivity index (χ1n) is 18.0. The second-order valence-electron chi connectivity index (χ2n) is 13.4. The third kappa shape index (κ3) is 8.47. The van der Waals surface area contributed by atoms with Crippen LogP contribution in [0.2, 0.25) is 0 Å². The summed E-state index contributed by atoms with van der Waals surface area (Å²) >= 11 is 2.36. The van der Waals surface area contributed by atoms with E-state index in [9.17, 15) is 33.6 Å². The van der Waals surface area contributed by atoms with Gasteiger partial charge in [-0.2, -0.15) is 0 Å². The number of ether oxygens (including phenoxy) is 2. The fraction of sp³-hybridized carbons (Fsp3) is 0.231. The predicted molar refractivity (Wildman–Crippen MR) is 223 cm³/mol. The molecule has 8 rings (SSSR count). The highest BCUT2D eigenvalue weighted by Gasteiger charge is 2.22. The number of amides is 4. The number of rotatable bonds is 9. The van der Waals surface area contributed by atoms with Gasteiger partial charge in [0.1, 0.15) is 28.3 Å². The van der Waals surface area contributed by atoms with Crippen LogP contribution in [0.4, 0.5) is 11.4 Å². The van der Waals surface area contributed by atoms with Crippen LogP contribution < -0.4 is 41.9 Å². The summed E-state index contributed by atoms with van der Waals surface area (Å²) in [6.45, 7) is 6.97. The van der Waals surface area contributed by atoms with E-state index in [0.717, 1.165) is 32.9 Å². The zero-order chi connectivity index (χ0) is 42.8. The van der Waals surface area contributed by atoms with Crippen molar-refractivity contribution in [3.63, 3.8) is 0 Å². The number of nitrogens with one attached hydrogen (secondary N) is 6. The Morgan fingerprint density at radius 3 is 1.63 bits per heavy atom. The number of anilines is 2. The van der Waals surface area contributed by atoms with Gasteiger partial charge in [0.05, 0.1) is 37.6 Å². The molecule has 0 spiro atoms. The standard InChI is InChI=1S/C20H19N5O5S.C19H16N4O5S/c1-9-15-18(27)23-17(24-20(15)31-16(9)10(2)25-29-3)19(28)21-7-11-4-5-13-12(6-11)22-14(26)8-30-13;1-8-14-17(26)22-16(23-19(14)29-15(8)9(2)24)18(27)20-6-10-3-4-12-11(5-10)21-13(25)7-28-12/h4-6H,7-8H2,1-3H3,(H,21,28)(H,22,26)(H,23,24,27);3-5H,6-7H2,1-2H3,(H,20,27)(H,21,25)(H,22,23,26). The molecule has 0 radical (unpaired) electrons. The van der Waals surface area contributed by atoms with Crippen LogP contribution in [0.3, 0.4) is 0 Å². The quantitative estimate of drug-likeness (QED) is 0.0691. The molecule has 308 valence electrons. The van der Waals surface area contributed by atoms with Crippen molar-refractivity contribution in [3.8, 4) is 11.5 Å². The van der Waals surface area contributed by atoms with E-state index in [4.69, 9.17) is 14.3 Å². The summed E-state index contributed by atoms with van der Waals surface area (Å²) in [4.78, 5) is 105. The number of thiophene rings is 2. The van der Waals surface area contributed by atoms with E-state index >= 15 is 0 Å².